The Morgan fingerprint density at radius 1 is 1.14 bits per heavy atom. The average Bonchev–Trinajstić information content (AvgIpc) is 3.37. The van der Waals surface area contributed by atoms with Gasteiger partial charge in [0.05, 0.1) is 17.9 Å². The molecule has 2 heterocycles. The second-order valence-electron chi connectivity index (χ2n) is 8.68. The molecule has 10 nitrogen and oxygen atoms in total. The van der Waals surface area contributed by atoms with Crippen molar-refractivity contribution in [2.45, 2.75) is 51.0 Å². The smallest absolute Gasteiger partial charge is 0.255 e. The Morgan fingerprint density at radius 2 is 1.91 bits per heavy atom. The van der Waals surface area contributed by atoms with E-state index in [1.54, 1.807) is 12.1 Å². The molecule has 1 fully saturated rings. The molecule has 0 saturated carbocycles. The molecule has 0 spiro atoms. The maximum absolute atomic E-state index is 13.1. The van der Waals surface area contributed by atoms with Gasteiger partial charge in [-0.05, 0) is 56.7 Å². The zero-order valence-corrected chi connectivity index (χ0v) is 21.3. The lowest BCUT2D eigenvalue weighted by molar-refractivity contribution is -0.124. The molecule has 3 N–H and O–H groups in total. The molecule has 1 aromatic carbocycles. The lowest BCUT2D eigenvalue weighted by Gasteiger charge is -2.20. The number of halogens is 1. The van der Waals surface area contributed by atoms with Gasteiger partial charge in [-0.3, -0.25) is 14.4 Å². The molecule has 2 aliphatic heterocycles. The second-order valence-corrected chi connectivity index (χ2v) is 11.2. The molecule has 3 amide bonds. The molecule has 0 radical (unpaired) electrons. The third-order valence-electron chi connectivity index (χ3n) is 5.99. The van der Waals surface area contributed by atoms with E-state index in [0.29, 0.717) is 37.0 Å². The van der Waals surface area contributed by atoms with Crippen molar-refractivity contribution in [3.63, 3.8) is 0 Å². The molecule has 0 unspecified atom stereocenters. The molecule has 0 bridgehead atoms. The largest absolute Gasteiger partial charge is 0.493 e. The molecule has 1 atom stereocenters. The van der Waals surface area contributed by atoms with E-state index in [9.17, 15) is 22.8 Å². The van der Waals surface area contributed by atoms with E-state index in [1.807, 2.05) is 0 Å². The van der Waals surface area contributed by atoms with E-state index >= 15 is 0 Å². The van der Waals surface area contributed by atoms with E-state index in [1.165, 1.54) is 10.4 Å². The summed E-state index contributed by atoms with van der Waals surface area (Å²) in [7, 11) is -3.46. The molecule has 35 heavy (non-hydrogen) atoms. The number of benzene rings is 1. The number of sulfonamides is 1. The number of nitrogens with one attached hydrogen (secondary N) is 3. The SMILES string of the molecule is O=C1CC[C@@H](C(=O)NCCS(=O)(=O)N2CCCC2)NC(=O)c2cc(Cl)ccc2OCCCCCN1. The topological polar surface area (TPSA) is 134 Å². The number of carbonyl (C=O) groups is 3. The van der Waals surface area contributed by atoms with E-state index in [0.717, 1.165) is 32.1 Å². The number of ether oxygens (including phenoxy) is 1. The maximum atomic E-state index is 13.1. The number of hydrogen-bond acceptors (Lipinski definition) is 6. The Labute approximate surface area is 211 Å². The fraction of sp³-hybridized carbons (Fsp3) is 0.609. The van der Waals surface area contributed by atoms with Crippen LogP contribution < -0.4 is 20.7 Å². The number of rotatable bonds is 5. The molecule has 1 aromatic rings. The van der Waals surface area contributed by atoms with E-state index in [4.69, 9.17) is 16.3 Å². The molecule has 12 heteroatoms. The summed E-state index contributed by atoms with van der Waals surface area (Å²) in [5.74, 6) is -1.22. The normalized spacial score (nSPS) is 21.0. The van der Waals surface area contributed by atoms with E-state index in [-0.39, 0.29) is 36.6 Å². The number of fused-ring (bicyclic) bond motifs is 1. The van der Waals surface area contributed by atoms with Gasteiger partial charge < -0.3 is 20.7 Å². The van der Waals surface area contributed by atoms with Crippen LogP contribution in [0.5, 0.6) is 5.75 Å². The Hall–Kier alpha value is -2.37. The number of carbonyl (C=O) groups excluding carboxylic acids is 3. The van der Waals surface area contributed by atoms with Crippen LogP contribution in [0.1, 0.15) is 55.3 Å². The molecule has 194 valence electrons. The van der Waals surface area contributed by atoms with Gasteiger partial charge in [-0.25, -0.2) is 12.7 Å². The third-order valence-corrected chi connectivity index (χ3v) is 8.09. The van der Waals surface area contributed by atoms with Crippen LogP contribution in [0.4, 0.5) is 0 Å². The van der Waals surface area contributed by atoms with Crippen molar-refractivity contribution >= 4 is 39.3 Å². The van der Waals surface area contributed by atoms with Crippen LogP contribution in [-0.2, 0) is 19.6 Å². The van der Waals surface area contributed by atoms with Crippen molar-refractivity contribution in [2.75, 3.05) is 38.5 Å². The minimum Gasteiger partial charge on any atom is -0.493 e. The highest BCUT2D eigenvalue weighted by Gasteiger charge is 2.27. The summed E-state index contributed by atoms with van der Waals surface area (Å²) < 4.78 is 32.1. The minimum atomic E-state index is -3.46. The van der Waals surface area contributed by atoms with Crippen LogP contribution in [0.3, 0.4) is 0 Å². The fourth-order valence-corrected chi connectivity index (χ4v) is 5.61. The van der Waals surface area contributed by atoms with Gasteiger partial charge in [0.1, 0.15) is 11.8 Å². The van der Waals surface area contributed by atoms with Crippen LogP contribution >= 0.6 is 11.6 Å². The summed E-state index contributed by atoms with van der Waals surface area (Å²) >= 11 is 6.09. The van der Waals surface area contributed by atoms with Crippen molar-refractivity contribution in [2.24, 2.45) is 0 Å². The molecule has 1 saturated heterocycles. The summed E-state index contributed by atoms with van der Waals surface area (Å²) in [6, 6.07) is 3.66. The summed E-state index contributed by atoms with van der Waals surface area (Å²) in [5.41, 5.74) is 0.186. The van der Waals surface area contributed by atoms with Crippen molar-refractivity contribution in [1.82, 2.24) is 20.3 Å². The Kier molecular flexibility index (Phi) is 10.2. The number of amides is 3. The van der Waals surface area contributed by atoms with Gasteiger partial charge in [-0.2, -0.15) is 0 Å². The summed E-state index contributed by atoms with van der Waals surface area (Å²) in [6.45, 7) is 1.80. The van der Waals surface area contributed by atoms with Crippen LogP contribution in [-0.4, -0.2) is 75.0 Å². The summed E-state index contributed by atoms with van der Waals surface area (Å²) in [5, 5.41) is 8.42. The third kappa shape index (κ3) is 8.36. The van der Waals surface area contributed by atoms with Crippen molar-refractivity contribution < 1.29 is 27.5 Å². The zero-order chi connectivity index (χ0) is 25.3. The van der Waals surface area contributed by atoms with Crippen molar-refractivity contribution in [1.29, 1.82) is 0 Å². The standard InChI is InChI=1S/C23H33ClN4O6S/c24-17-6-8-20-18(16-17)22(30)27-19(7-9-21(29)25-10-2-1-5-14-34-20)23(31)26-11-15-35(32,33)28-12-3-4-13-28/h6,8,16,19H,1-5,7,9-15H2,(H,25,29)(H,26,31)(H,27,30)/t19-/m0/s1. The highest BCUT2D eigenvalue weighted by atomic mass is 35.5. The van der Waals surface area contributed by atoms with Gasteiger partial charge in [0.25, 0.3) is 5.91 Å². The van der Waals surface area contributed by atoms with E-state index in [2.05, 4.69) is 16.0 Å². The predicted octanol–water partition coefficient (Wildman–Crippen LogP) is 1.44. The van der Waals surface area contributed by atoms with Gasteiger partial charge >= 0.3 is 0 Å². The van der Waals surface area contributed by atoms with Crippen LogP contribution in [0.2, 0.25) is 5.02 Å². The molecular formula is C23H33ClN4O6S. The Balaban J connectivity index is 1.70. The van der Waals surface area contributed by atoms with Crippen LogP contribution in [0.25, 0.3) is 0 Å². The van der Waals surface area contributed by atoms with E-state index < -0.39 is 27.9 Å². The summed E-state index contributed by atoms with van der Waals surface area (Å²) in [6.07, 6.45) is 4.14. The first kappa shape index (κ1) is 27.2. The Bertz CT molecular complexity index is 1010. The zero-order valence-electron chi connectivity index (χ0n) is 19.7. The number of nitrogens with zero attached hydrogens (tertiary/aromatic N) is 1. The predicted molar refractivity (Wildman–Crippen MR) is 132 cm³/mol. The number of hydrogen-bond donors (Lipinski definition) is 3. The molecule has 0 aromatic heterocycles. The lowest BCUT2D eigenvalue weighted by atomic mass is 10.1. The first-order valence-electron chi connectivity index (χ1n) is 12.0. The first-order valence-corrected chi connectivity index (χ1v) is 14.0. The average molecular weight is 529 g/mol. The quantitative estimate of drug-likeness (QED) is 0.529. The monoisotopic (exact) mass is 528 g/mol. The van der Waals surface area contributed by atoms with Crippen molar-refractivity contribution in [3.05, 3.63) is 28.8 Å². The minimum absolute atomic E-state index is 0.0311. The first-order chi connectivity index (χ1) is 16.8. The maximum Gasteiger partial charge on any atom is 0.255 e. The van der Waals surface area contributed by atoms with Gasteiger partial charge in [-0.15, -0.1) is 0 Å². The molecular weight excluding hydrogens is 496 g/mol. The lowest BCUT2D eigenvalue weighted by Crippen LogP contribution is -2.48. The highest BCUT2D eigenvalue weighted by molar-refractivity contribution is 7.89. The van der Waals surface area contributed by atoms with Crippen molar-refractivity contribution in [3.8, 4) is 5.75 Å². The van der Waals surface area contributed by atoms with Gasteiger partial charge in [0, 0.05) is 37.6 Å². The van der Waals surface area contributed by atoms with Crippen LogP contribution in [0.15, 0.2) is 18.2 Å². The molecule has 0 aliphatic carbocycles. The Morgan fingerprint density at radius 3 is 2.69 bits per heavy atom. The second kappa shape index (κ2) is 13.1. The van der Waals surface area contributed by atoms with Crippen LogP contribution in [0, 0.1) is 0 Å². The fourth-order valence-electron chi connectivity index (χ4n) is 4.01. The summed E-state index contributed by atoms with van der Waals surface area (Å²) in [4.78, 5) is 38.2. The highest BCUT2D eigenvalue weighted by Crippen LogP contribution is 2.24. The van der Waals surface area contributed by atoms with Gasteiger partial charge in [0.15, 0.2) is 0 Å². The molecule has 2 aliphatic rings. The molecule has 3 rings (SSSR count). The van der Waals surface area contributed by atoms with Gasteiger partial charge in [-0.1, -0.05) is 11.6 Å². The van der Waals surface area contributed by atoms with Gasteiger partial charge in [0.2, 0.25) is 21.8 Å².